The number of rotatable bonds is 7. The summed E-state index contributed by atoms with van der Waals surface area (Å²) in [6.07, 6.45) is 3.62. The van der Waals surface area contributed by atoms with E-state index in [-0.39, 0.29) is 24.7 Å². The van der Waals surface area contributed by atoms with Crippen LogP contribution in [0.4, 0.5) is 5.82 Å². The van der Waals surface area contributed by atoms with Crippen molar-refractivity contribution in [3.8, 4) is 17.2 Å². The molecule has 0 bridgehead atoms. The maximum Gasteiger partial charge on any atom is 0.423 e. The molecule has 9 nitrogen and oxygen atoms in total. The Hall–Kier alpha value is -3.95. The average Bonchev–Trinajstić information content (AvgIpc) is 3.04. The van der Waals surface area contributed by atoms with Gasteiger partial charge in [0.05, 0.1) is 12.0 Å². The number of pyridine rings is 1. The van der Waals surface area contributed by atoms with Crippen LogP contribution in [-0.2, 0) is 9.59 Å². The fraction of sp³-hybridized carbons (Fsp3) is 0.296. The van der Waals surface area contributed by atoms with Gasteiger partial charge in [0.15, 0.2) is 5.75 Å². The van der Waals surface area contributed by atoms with E-state index in [0.29, 0.717) is 16.8 Å². The first-order valence-electron chi connectivity index (χ1n) is 12.0. The first-order chi connectivity index (χ1) is 17.6. The van der Waals surface area contributed by atoms with Gasteiger partial charge in [0.25, 0.3) is 0 Å². The second-order valence-corrected chi connectivity index (χ2v) is 8.50. The van der Waals surface area contributed by atoms with Crippen LogP contribution in [0, 0.1) is 0 Å². The van der Waals surface area contributed by atoms with E-state index >= 15 is 0 Å². The molecule has 2 aromatic carbocycles. The number of hydrogen-bond donors (Lipinski definition) is 1. The minimum atomic E-state index is -1.08. The predicted octanol–water partition coefficient (Wildman–Crippen LogP) is 2.74. The Morgan fingerprint density at radius 3 is 2.47 bits per heavy atom. The van der Waals surface area contributed by atoms with Crippen molar-refractivity contribution in [2.75, 3.05) is 50.8 Å². The fourth-order valence-electron chi connectivity index (χ4n) is 4.41. The second kappa shape index (κ2) is 10.3. The lowest BCUT2D eigenvalue weighted by atomic mass is 10.1. The first-order valence-corrected chi connectivity index (χ1v) is 12.0. The van der Waals surface area contributed by atoms with Crippen LogP contribution in [0.2, 0.25) is 0 Å². The third-order valence-corrected chi connectivity index (χ3v) is 6.31. The highest BCUT2D eigenvalue weighted by Crippen LogP contribution is 2.42. The van der Waals surface area contributed by atoms with E-state index in [0.717, 1.165) is 49.5 Å². The number of aromatic nitrogens is 1. The van der Waals surface area contributed by atoms with Crippen LogP contribution in [-0.4, -0.2) is 72.9 Å². The summed E-state index contributed by atoms with van der Waals surface area (Å²) in [7, 11) is 0. The van der Waals surface area contributed by atoms with E-state index in [1.807, 2.05) is 36.4 Å². The van der Waals surface area contributed by atoms with Gasteiger partial charge in [-0.15, -0.1) is 0 Å². The van der Waals surface area contributed by atoms with Crippen molar-refractivity contribution in [3.05, 3.63) is 53.7 Å². The van der Waals surface area contributed by atoms with Crippen LogP contribution >= 0.6 is 0 Å². The van der Waals surface area contributed by atoms with Crippen LogP contribution in [0.15, 0.2) is 42.5 Å². The summed E-state index contributed by atoms with van der Waals surface area (Å²) in [5.74, 6) is -0.267. The Bertz CT molecular complexity index is 1310. The molecule has 0 aliphatic carbocycles. The molecule has 0 atom stereocenters. The van der Waals surface area contributed by atoms with E-state index in [1.54, 1.807) is 18.2 Å². The molecular formula is C27H27N3O6. The summed E-state index contributed by atoms with van der Waals surface area (Å²) < 4.78 is 16.3. The van der Waals surface area contributed by atoms with Crippen molar-refractivity contribution in [1.29, 1.82) is 0 Å². The van der Waals surface area contributed by atoms with Crippen molar-refractivity contribution in [2.24, 2.45) is 0 Å². The molecule has 1 saturated heterocycles. The zero-order chi connectivity index (χ0) is 25.1. The van der Waals surface area contributed by atoms with Crippen LogP contribution in [0.3, 0.4) is 0 Å². The molecule has 1 fully saturated rings. The summed E-state index contributed by atoms with van der Waals surface area (Å²) in [5, 5.41) is 10.2. The van der Waals surface area contributed by atoms with Gasteiger partial charge in [-0.25, -0.2) is 14.6 Å². The zero-order valence-electron chi connectivity index (χ0n) is 20.0. The molecule has 1 aromatic heterocycles. The van der Waals surface area contributed by atoms with Gasteiger partial charge in [0, 0.05) is 31.6 Å². The molecule has 0 spiro atoms. The number of piperazine rings is 1. The molecule has 1 N–H and O–H groups in total. The van der Waals surface area contributed by atoms with E-state index in [1.165, 1.54) is 0 Å². The molecule has 2 aliphatic heterocycles. The SMILES string of the molecule is CCN1CCN(c2nc(/C=C/c3ccc(OCCO)cc3)c3c4c(cccc24)OC(=O)C(=O)O3)CC1. The minimum absolute atomic E-state index is 0.0547. The number of ether oxygens (including phenoxy) is 3. The van der Waals surface area contributed by atoms with Gasteiger partial charge in [0.1, 0.15) is 29.6 Å². The normalized spacial score (nSPS) is 16.2. The molecule has 0 unspecified atom stereocenters. The van der Waals surface area contributed by atoms with Crippen molar-refractivity contribution in [2.45, 2.75) is 6.92 Å². The number of aliphatic hydroxyl groups is 1. The van der Waals surface area contributed by atoms with Crippen molar-refractivity contribution in [3.63, 3.8) is 0 Å². The third-order valence-electron chi connectivity index (χ3n) is 6.31. The van der Waals surface area contributed by atoms with Gasteiger partial charge >= 0.3 is 11.9 Å². The Labute approximate surface area is 208 Å². The zero-order valence-corrected chi connectivity index (χ0v) is 20.0. The van der Waals surface area contributed by atoms with Crippen LogP contribution < -0.4 is 19.1 Å². The number of nitrogens with zero attached hydrogens (tertiary/aromatic N) is 3. The lowest BCUT2D eigenvalue weighted by molar-refractivity contribution is -0.155. The predicted molar refractivity (Wildman–Crippen MR) is 135 cm³/mol. The molecule has 186 valence electrons. The van der Waals surface area contributed by atoms with Crippen LogP contribution in [0.25, 0.3) is 22.9 Å². The third kappa shape index (κ3) is 4.75. The highest BCUT2D eigenvalue weighted by atomic mass is 16.6. The number of esters is 2. The quantitative estimate of drug-likeness (QED) is 0.305. The number of likely N-dealkylation sites (N-methyl/N-ethyl adjacent to an activating group) is 1. The number of anilines is 1. The van der Waals surface area contributed by atoms with E-state index in [9.17, 15) is 9.59 Å². The van der Waals surface area contributed by atoms with Gasteiger partial charge < -0.3 is 29.1 Å². The van der Waals surface area contributed by atoms with Crippen LogP contribution in [0.5, 0.6) is 17.2 Å². The minimum Gasteiger partial charge on any atom is -0.491 e. The Kier molecular flexibility index (Phi) is 6.84. The average molecular weight is 490 g/mol. The first kappa shape index (κ1) is 23.8. The number of benzene rings is 2. The Balaban J connectivity index is 1.58. The topological polar surface area (TPSA) is 101 Å². The highest BCUT2D eigenvalue weighted by molar-refractivity contribution is 6.32. The molecule has 36 heavy (non-hydrogen) atoms. The molecule has 9 heteroatoms. The van der Waals surface area contributed by atoms with E-state index in [2.05, 4.69) is 16.7 Å². The highest BCUT2D eigenvalue weighted by Gasteiger charge is 2.31. The number of hydrogen-bond acceptors (Lipinski definition) is 9. The maximum atomic E-state index is 12.3. The van der Waals surface area contributed by atoms with Crippen molar-refractivity contribution in [1.82, 2.24) is 9.88 Å². The Morgan fingerprint density at radius 2 is 1.75 bits per heavy atom. The van der Waals surface area contributed by atoms with Gasteiger partial charge in [-0.2, -0.15) is 0 Å². The van der Waals surface area contributed by atoms with Gasteiger partial charge in [-0.3, -0.25) is 0 Å². The van der Waals surface area contributed by atoms with Crippen molar-refractivity contribution < 1.29 is 28.9 Å². The smallest absolute Gasteiger partial charge is 0.423 e. The molecule has 0 radical (unpaired) electrons. The standard InChI is InChI=1S/C27H27N3O6/c1-2-29-12-14-30(15-13-29)25-20-4-3-5-22-23(20)24(36-27(33)26(32)35-22)21(28-25)11-8-18-6-9-19(10-7-18)34-17-16-31/h3-11,31H,2,12-17H2,1H3/b11-8+. The maximum absolute atomic E-state index is 12.3. The molecule has 0 saturated carbocycles. The van der Waals surface area contributed by atoms with E-state index in [4.69, 9.17) is 24.3 Å². The molecule has 3 aromatic rings. The summed E-state index contributed by atoms with van der Waals surface area (Å²) in [6.45, 7) is 6.76. The summed E-state index contributed by atoms with van der Waals surface area (Å²) in [6, 6.07) is 12.7. The summed E-state index contributed by atoms with van der Waals surface area (Å²) in [5.41, 5.74) is 1.30. The monoisotopic (exact) mass is 489 g/mol. The lowest BCUT2D eigenvalue weighted by Crippen LogP contribution is -2.46. The van der Waals surface area contributed by atoms with Crippen LogP contribution in [0.1, 0.15) is 18.2 Å². The van der Waals surface area contributed by atoms with Gasteiger partial charge in [-0.1, -0.05) is 37.3 Å². The number of carbonyl (C=O) groups excluding carboxylic acids is 2. The van der Waals surface area contributed by atoms with Gasteiger partial charge in [0.2, 0.25) is 0 Å². The van der Waals surface area contributed by atoms with Gasteiger partial charge in [-0.05, 0) is 36.4 Å². The molecule has 5 rings (SSSR count). The summed E-state index contributed by atoms with van der Waals surface area (Å²) >= 11 is 0. The molecule has 3 heterocycles. The number of carbonyl (C=O) groups is 2. The molecule has 2 aliphatic rings. The Morgan fingerprint density at radius 1 is 1.00 bits per heavy atom. The number of aliphatic hydroxyl groups excluding tert-OH is 1. The molecular weight excluding hydrogens is 462 g/mol. The van der Waals surface area contributed by atoms with E-state index < -0.39 is 11.9 Å². The molecule has 0 amide bonds. The lowest BCUT2D eigenvalue weighted by Gasteiger charge is -2.35. The van der Waals surface area contributed by atoms with Crippen molar-refractivity contribution >= 4 is 40.7 Å². The largest absolute Gasteiger partial charge is 0.491 e. The second-order valence-electron chi connectivity index (χ2n) is 8.50. The fourth-order valence-corrected chi connectivity index (χ4v) is 4.41. The summed E-state index contributed by atoms with van der Waals surface area (Å²) in [4.78, 5) is 34.0.